The average molecular weight is 274 g/mol. The zero-order valence-corrected chi connectivity index (χ0v) is 12.3. The number of nitrogens with two attached hydrogens (primary N) is 1. The van der Waals surface area contributed by atoms with E-state index in [1.165, 1.54) is 0 Å². The van der Waals surface area contributed by atoms with Crippen LogP contribution in [0.2, 0.25) is 0 Å². The molecule has 3 unspecified atom stereocenters. The fourth-order valence-corrected chi connectivity index (χ4v) is 3.97. The van der Waals surface area contributed by atoms with Crippen LogP contribution in [0.3, 0.4) is 0 Å². The molecule has 4 nitrogen and oxygen atoms in total. The van der Waals surface area contributed by atoms with E-state index in [-0.39, 0.29) is 12.5 Å². The van der Waals surface area contributed by atoms with Gasteiger partial charge in [0.2, 0.25) is 5.91 Å². The van der Waals surface area contributed by atoms with Crippen molar-refractivity contribution in [3.05, 3.63) is 0 Å². The summed E-state index contributed by atoms with van der Waals surface area (Å²) in [7, 11) is 0. The third-order valence-electron chi connectivity index (χ3n) is 3.62. The summed E-state index contributed by atoms with van der Waals surface area (Å²) in [5.74, 6) is 1.05. The number of carbonyl (C=O) groups is 1. The molecule has 1 fully saturated rings. The van der Waals surface area contributed by atoms with Gasteiger partial charge in [-0.1, -0.05) is 13.8 Å². The van der Waals surface area contributed by atoms with Crippen LogP contribution in [0.4, 0.5) is 0 Å². The monoisotopic (exact) mass is 274 g/mol. The van der Waals surface area contributed by atoms with Crippen molar-refractivity contribution in [2.75, 3.05) is 18.9 Å². The fourth-order valence-electron chi connectivity index (χ4n) is 2.53. The predicted molar refractivity (Wildman–Crippen MR) is 76.6 cm³/mol. The number of aliphatic hydroxyl groups excluding tert-OH is 1. The van der Waals surface area contributed by atoms with Gasteiger partial charge in [0.25, 0.3) is 0 Å². The standard InChI is InChI=1S/C13H26N2O2S/c1-3-15-13(12(14)17)6-4-5-11(7-13)18-9-10(2)8-16/h10-11,15-16H,3-9H2,1-2H3,(H2,14,17). The van der Waals surface area contributed by atoms with Crippen LogP contribution in [0, 0.1) is 5.92 Å². The number of aliphatic hydroxyl groups is 1. The van der Waals surface area contributed by atoms with Crippen LogP contribution in [0.5, 0.6) is 0 Å². The Morgan fingerprint density at radius 1 is 1.67 bits per heavy atom. The molecule has 0 aliphatic heterocycles. The Morgan fingerprint density at radius 2 is 2.39 bits per heavy atom. The highest BCUT2D eigenvalue weighted by atomic mass is 32.2. The molecule has 1 aliphatic carbocycles. The van der Waals surface area contributed by atoms with Gasteiger partial charge in [-0.15, -0.1) is 0 Å². The minimum Gasteiger partial charge on any atom is -0.396 e. The van der Waals surface area contributed by atoms with Gasteiger partial charge in [-0.25, -0.2) is 0 Å². The average Bonchev–Trinajstić information content (AvgIpc) is 2.36. The zero-order valence-electron chi connectivity index (χ0n) is 11.4. The highest BCUT2D eigenvalue weighted by molar-refractivity contribution is 7.99. The second-order valence-electron chi connectivity index (χ2n) is 5.32. The molecule has 106 valence electrons. The number of likely N-dealkylation sites (N-methyl/N-ethyl adjacent to an activating group) is 1. The van der Waals surface area contributed by atoms with Crippen LogP contribution in [0.25, 0.3) is 0 Å². The van der Waals surface area contributed by atoms with Gasteiger partial charge in [0.05, 0.1) is 5.54 Å². The summed E-state index contributed by atoms with van der Waals surface area (Å²) in [4.78, 5) is 11.7. The van der Waals surface area contributed by atoms with Crippen molar-refractivity contribution in [1.29, 1.82) is 0 Å². The van der Waals surface area contributed by atoms with Crippen molar-refractivity contribution >= 4 is 17.7 Å². The molecule has 1 amide bonds. The van der Waals surface area contributed by atoms with Crippen molar-refractivity contribution in [1.82, 2.24) is 5.32 Å². The third-order valence-corrected chi connectivity index (χ3v) is 5.26. The molecule has 3 atom stereocenters. The Hall–Kier alpha value is -0.260. The first-order valence-corrected chi connectivity index (χ1v) is 7.86. The number of hydrogen-bond acceptors (Lipinski definition) is 4. The minimum absolute atomic E-state index is 0.218. The van der Waals surface area contributed by atoms with E-state index in [9.17, 15) is 4.79 Å². The lowest BCUT2D eigenvalue weighted by Crippen LogP contribution is -2.58. The second kappa shape index (κ2) is 7.36. The molecule has 0 heterocycles. The van der Waals surface area contributed by atoms with Gasteiger partial charge in [0.1, 0.15) is 0 Å². The molecule has 0 saturated heterocycles. The van der Waals surface area contributed by atoms with Gasteiger partial charge in [0, 0.05) is 11.9 Å². The van der Waals surface area contributed by atoms with E-state index in [4.69, 9.17) is 10.8 Å². The molecule has 1 rings (SSSR count). The molecular formula is C13H26N2O2S. The summed E-state index contributed by atoms with van der Waals surface area (Å²) in [6.45, 7) is 5.05. The predicted octanol–water partition coefficient (Wildman–Crippen LogP) is 1.12. The largest absolute Gasteiger partial charge is 0.396 e. The van der Waals surface area contributed by atoms with E-state index in [0.717, 1.165) is 38.0 Å². The summed E-state index contributed by atoms with van der Waals surface area (Å²) < 4.78 is 0. The Bertz CT molecular complexity index is 272. The van der Waals surface area contributed by atoms with Crippen LogP contribution >= 0.6 is 11.8 Å². The molecule has 0 aromatic rings. The molecule has 0 bridgehead atoms. The molecule has 0 radical (unpaired) electrons. The number of amides is 1. The third kappa shape index (κ3) is 4.14. The molecule has 4 N–H and O–H groups in total. The van der Waals surface area contributed by atoms with Crippen LogP contribution in [-0.4, -0.2) is 40.7 Å². The number of thioether (sulfide) groups is 1. The first kappa shape index (κ1) is 15.8. The van der Waals surface area contributed by atoms with Crippen LogP contribution in [0.15, 0.2) is 0 Å². The number of nitrogens with one attached hydrogen (secondary N) is 1. The fraction of sp³-hybridized carbons (Fsp3) is 0.923. The van der Waals surface area contributed by atoms with E-state index in [2.05, 4.69) is 5.32 Å². The van der Waals surface area contributed by atoms with Crippen molar-refractivity contribution in [3.63, 3.8) is 0 Å². The van der Waals surface area contributed by atoms with Crippen molar-refractivity contribution in [2.24, 2.45) is 11.7 Å². The lowest BCUT2D eigenvalue weighted by atomic mass is 9.80. The number of primary amides is 1. The Kier molecular flexibility index (Phi) is 6.46. The lowest BCUT2D eigenvalue weighted by molar-refractivity contribution is -0.125. The Labute approximate surface area is 114 Å². The summed E-state index contributed by atoms with van der Waals surface area (Å²) in [5.41, 5.74) is 5.08. The smallest absolute Gasteiger partial charge is 0.237 e. The molecule has 0 aromatic heterocycles. The number of carbonyl (C=O) groups excluding carboxylic acids is 1. The quantitative estimate of drug-likeness (QED) is 0.650. The molecule has 5 heteroatoms. The lowest BCUT2D eigenvalue weighted by Gasteiger charge is -2.39. The summed E-state index contributed by atoms with van der Waals surface area (Å²) in [6, 6.07) is 0. The van der Waals surface area contributed by atoms with Crippen molar-refractivity contribution < 1.29 is 9.90 Å². The van der Waals surface area contributed by atoms with Crippen LogP contribution < -0.4 is 11.1 Å². The Morgan fingerprint density at radius 3 is 2.94 bits per heavy atom. The minimum atomic E-state index is -0.507. The molecule has 1 saturated carbocycles. The topological polar surface area (TPSA) is 75.3 Å². The van der Waals surface area contributed by atoms with Gasteiger partial charge in [-0.05, 0) is 43.9 Å². The zero-order chi connectivity index (χ0) is 13.6. The van der Waals surface area contributed by atoms with Gasteiger partial charge >= 0.3 is 0 Å². The van der Waals surface area contributed by atoms with Gasteiger partial charge < -0.3 is 16.2 Å². The highest BCUT2D eigenvalue weighted by Gasteiger charge is 2.40. The summed E-state index contributed by atoms with van der Waals surface area (Å²) >= 11 is 1.87. The van der Waals surface area contributed by atoms with Crippen LogP contribution in [-0.2, 0) is 4.79 Å². The maximum absolute atomic E-state index is 11.7. The van der Waals surface area contributed by atoms with E-state index < -0.39 is 5.54 Å². The normalized spacial score (nSPS) is 30.1. The first-order valence-electron chi connectivity index (χ1n) is 6.81. The number of rotatable bonds is 7. The highest BCUT2D eigenvalue weighted by Crippen LogP contribution is 2.35. The second-order valence-corrected chi connectivity index (χ2v) is 6.65. The maximum Gasteiger partial charge on any atom is 0.237 e. The van der Waals surface area contributed by atoms with Crippen molar-refractivity contribution in [3.8, 4) is 0 Å². The maximum atomic E-state index is 11.7. The molecule has 18 heavy (non-hydrogen) atoms. The summed E-state index contributed by atoms with van der Waals surface area (Å²) in [6.07, 6.45) is 3.85. The van der Waals surface area contributed by atoms with E-state index >= 15 is 0 Å². The first-order chi connectivity index (χ1) is 8.54. The molecule has 1 aliphatic rings. The van der Waals surface area contributed by atoms with Crippen molar-refractivity contribution in [2.45, 2.75) is 50.3 Å². The van der Waals surface area contributed by atoms with E-state index in [1.807, 2.05) is 25.6 Å². The SMILES string of the molecule is CCNC1(C(N)=O)CCCC(SCC(C)CO)C1. The van der Waals surface area contributed by atoms with Gasteiger partial charge in [0.15, 0.2) is 0 Å². The van der Waals surface area contributed by atoms with E-state index in [0.29, 0.717) is 11.2 Å². The molecule has 0 spiro atoms. The van der Waals surface area contributed by atoms with E-state index in [1.54, 1.807) is 0 Å². The van der Waals surface area contributed by atoms with Gasteiger partial charge in [-0.2, -0.15) is 11.8 Å². The number of hydrogen-bond donors (Lipinski definition) is 3. The molecular weight excluding hydrogens is 248 g/mol. The molecule has 0 aromatic carbocycles. The van der Waals surface area contributed by atoms with Crippen LogP contribution in [0.1, 0.15) is 39.5 Å². The Balaban J connectivity index is 2.55. The summed E-state index contributed by atoms with van der Waals surface area (Å²) in [5, 5.41) is 12.8. The van der Waals surface area contributed by atoms with Gasteiger partial charge in [-0.3, -0.25) is 4.79 Å².